The molecular weight excluding hydrogens is 290 g/mol. The summed E-state index contributed by atoms with van der Waals surface area (Å²) in [6, 6.07) is 10.0. The van der Waals surface area contributed by atoms with Crippen LogP contribution in [0.3, 0.4) is 0 Å². The third-order valence-corrected chi connectivity index (χ3v) is 3.32. The summed E-state index contributed by atoms with van der Waals surface area (Å²) < 4.78 is 1.06. The van der Waals surface area contributed by atoms with Crippen molar-refractivity contribution < 1.29 is 0 Å². The van der Waals surface area contributed by atoms with Crippen LogP contribution in [0.15, 0.2) is 41.0 Å². The third-order valence-electron chi connectivity index (χ3n) is 2.83. The number of nitrogens with zero attached hydrogens (tertiary/aromatic N) is 1. The Morgan fingerprint density at radius 2 is 2.11 bits per heavy atom. The van der Waals surface area contributed by atoms with Crippen molar-refractivity contribution in [1.82, 2.24) is 4.98 Å². The van der Waals surface area contributed by atoms with Gasteiger partial charge in [-0.3, -0.25) is 0 Å². The quantitative estimate of drug-likeness (QED) is 0.916. The summed E-state index contributed by atoms with van der Waals surface area (Å²) in [5.41, 5.74) is 15.2. The predicted molar refractivity (Wildman–Crippen MR) is 78.2 cm³/mol. The minimum atomic E-state index is -0.133. The van der Waals surface area contributed by atoms with Crippen LogP contribution in [-0.4, -0.2) is 4.98 Å². The summed E-state index contributed by atoms with van der Waals surface area (Å²) in [4.78, 5) is 4.15. The molecule has 0 saturated carbocycles. The maximum atomic E-state index is 6.21. The fraction of sp³-hybridized carbons (Fsp3) is 0.214. The Hall–Kier alpha value is -1.39. The molecule has 2 aromatic rings. The van der Waals surface area contributed by atoms with Gasteiger partial charge in [0.2, 0.25) is 0 Å². The molecule has 1 aromatic carbocycles. The van der Waals surface area contributed by atoms with Crippen molar-refractivity contribution in [3.63, 3.8) is 0 Å². The number of aryl methyl sites for hydroxylation is 1. The van der Waals surface area contributed by atoms with Crippen molar-refractivity contribution >= 4 is 21.7 Å². The zero-order valence-electron chi connectivity index (χ0n) is 10.2. The number of nitrogen functional groups attached to an aromatic ring is 1. The van der Waals surface area contributed by atoms with E-state index in [9.17, 15) is 0 Å². The molecule has 1 unspecified atom stereocenters. The largest absolute Gasteiger partial charge is 0.383 e. The van der Waals surface area contributed by atoms with Crippen LogP contribution in [-0.2, 0) is 6.42 Å². The van der Waals surface area contributed by atoms with Crippen LogP contribution in [0, 0.1) is 6.92 Å². The highest BCUT2D eigenvalue weighted by Crippen LogP contribution is 2.22. The number of hydrogen-bond acceptors (Lipinski definition) is 3. The van der Waals surface area contributed by atoms with Gasteiger partial charge < -0.3 is 11.5 Å². The molecule has 0 aliphatic heterocycles. The fourth-order valence-corrected chi connectivity index (χ4v) is 2.37. The van der Waals surface area contributed by atoms with Crippen LogP contribution < -0.4 is 11.5 Å². The summed E-state index contributed by atoms with van der Waals surface area (Å²) >= 11 is 3.46. The molecule has 94 valence electrons. The molecule has 0 aliphatic rings. The van der Waals surface area contributed by atoms with E-state index >= 15 is 0 Å². The van der Waals surface area contributed by atoms with E-state index < -0.39 is 0 Å². The van der Waals surface area contributed by atoms with E-state index in [1.807, 2.05) is 25.1 Å². The lowest BCUT2D eigenvalue weighted by Gasteiger charge is -2.14. The maximum absolute atomic E-state index is 6.21. The van der Waals surface area contributed by atoms with Crippen LogP contribution in [0.2, 0.25) is 0 Å². The standard InChI is InChI=1S/C14H16BrN3/c1-9-5-12(14(17)18-8-9)13(16)7-10-3-2-4-11(15)6-10/h2-6,8,13H,7,16H2,1H3,(H2,17,18). The van der Waals surface area contributed by atoms with Gasteiger partial charge in [0.25, 0.3) is 0 Å². The second-order valence-electron chi connectivity index (χ2n) is 4.43. The Balaban J connectivity index is 2.21. The fourth-order valence-electron chi connectivity index (χ4n) is 1.93. The SMILES string of the molecule is Cc1cnc(N)c(C(N)Cc2cccc(Br)c2)c1. The van der Waals surface area contributed by atoms with Crippen LogP contribution in [0.4, 0.5) is 5.82 Å². The van der Waals surface area contributed by atoms with Gasteiger partial charge in [-0.05, 0) is 42.7 Å². The van der Waals surface area contributed by atoms with Gasteiger partial charge in [0.1, 0.15) is 5.82 Å². The Labute approximate surface area is 115 Å². The average Bonchev–Trinajstić information content (AvgIpc) is 2.32. The van der Waals surface area contributed by atoms with Crippen molar-refractivity contribution in [1.29, 1.82) is 0 Å². The van der Waals surface area contributed by atoms with Gasteiger partial charge in [-0.2, -0.15) is 0 Å². The number of anilines is 1. The molecule has 3 nitrogen and oxygen atoms in total. The molecule has 0 amide bonds. The lowest BCUT2D eigenvalue weighted by Crippen LogP contribution is -2.16. The smallest absolute Gasteiger partial charge is 0.128 e. The topological polar surface area (TPSA) is 64.9 Å². The monoisotopic (exact) mass is 305 g/mol. The first kappa shape index (κ1) is 13.1. The summed E-state index contributed by atoms with van der Waals surface area (Å²) in [5.74, 6) is 0.517. The molecule has 0 fully saturated rings. The highest BCUT2D eigenvalue weighted by molar-refractivity contribution is 9.10. The van der Waals surface area contributed by atoms with Gasteiger partial charge in [0.15, 0.2) is 0 Å². The molecule has 2 rings (SSSR count). The minimum absolute atomic E-state index is 0.133. The van der Waals surface area contributed by atoms with Crippen LogP contribution in [0.1, 0.15) is 22.7 Å². The van der Waals surface area contributed by atoms with Crippen LogP contribution in [0.25, 0.3) is 0 Å². The number of halogens is 1. The van der Waals surface area contributed by atoms with E-state index in [2.05, 4.69) is 33.0 Å². The number of aromatic nitrogens is 1. The zero-order valence-corrected chi connectivity index (χ0v) is 11.8. The molecule has 0 saturated heterocycles. The average molecular weight is 306 g/mol. The summed E-state index contributed by atoms with van der Waals surface area (Å²) in [6.07, 6.45) is 2.50. The molecule has 18 heavy (non-hydrogen) atoms. The molecule has 4 N–H and O–H groups in total. The van der Waals surface area contributed by atoms with Gasteiger partial charge in [-0.15, -0.1) is 0 Å². The van der Waals surface area contributed by atoms with Crippen molar-refractivity contribution in [2.24, 2.45) is 5.73 Å². The molecule has 0 bridgehead atoms. The predicted octanol–water partition coefficient (Wildman–Crippen LogP) is 2.98. The lowest BCUT2D eigenvalue weighted by atomic mass is 9.99. The number of nitrogens with two attached hydrogens (primary N) is 2. The van der Waals surface area contributed by atoms with E-state index in [0.29, 0.717) is 5.82 Å². The first-order valence-electron chi connectivity index (χ1n) is 5.78. The summed E-state index contributed by atoms with van der Waals surface area (Å²) in [6.45, 7) is 1.99. The normalized spacial score (nSPS) is 12.4. The zero-order chi connectivity index (χ0) is 13.1. The van der Waals surface area contributed by atoms with Gasteiger partial charge in [-0.25, -0.2) is 4.98 Å². The van der Waals surface area contributed by atoms with Crippen molar-refractivity contribution in [2.45, 2.75) is 19.4 Å². The van der Waals surface area contributed by atoms with Gasteiger partial charge in [0, 0.05) is 22.3 Å². The van der Waals surface area contributed by atoms with E-state index in [1.54, 1.807) is 6.20 Å². The first-order valence-corrected chi connectivity index (χ1v) is 6.57. The van der Waals surface area contributed by atoms with E-state index in [4.69, 9.17) is 11.5 Å². The summed E-state index contributed by atoms with van der Waals surface area (Å²) in [7, 11) is 0. The van der Waals surface area contributed by atoms with Crippen LogP contribution in [0.5, 0.6) is 0 Å². The maximum Gasteiger partial charge on any atom is 0.128 e. The Morgan fingerprint density at radius 3 is 2.83 bits per heavy atom. The molecular formula is C14H16BrN3. The lowest BCUT2D eigenvalue weighted by molar-refractivity contribution is 0.720. The van der Waals surface area contributed by atoms with Gasteiger partial charge in [-0.1, -0.05) is 28.1 Å². The highest BCUT2D eigenvalue weighted by Gasteiger charge is 2.11. The Morgan fingerprint density at radius 1 is 1.33 bits per heavy atom. The van der Waals surface area contributed by atoms with Crippen molar-refractivity contribution in [2.75, 3.05) is 5.73 Å². The number of pyridine rings is 1. The highest BCUT2D eigenvalue weighted by atomic mass is 79.9. The number of hydrogen-bond donors (Lipinski definition) is 2. The molecule has 4 heteroatoms. The Bertz CT molecular complexity index is 554. The first-order chi connectivity index (χ1) is 8.56. The Kier molecular flexibility index (Phi) is 3.99. The molecule has 1 heterocycles. The minimum Gasteiger partial charge on any atom is -0.383 e. The van der Waals surface area contributed by atoms with Gasteiger partial charge in [0.05, 0.1) is 0 Å². The third kappa shape index (κ3) is 3.09. The summed E-state index contributed by atoms with van der Waals surface area (Å²) in [5, 5.41) is 0. The number of rotatable bonds is 3. The van der Waals surface area contributed by atoms with Crippen LogP contribution >= 0.6 is 15.9 Å². The van der Waals surface area contributed by atoms with E-state index in [0.717, 1.165) is 22.0 Å². The molecule has 0 aliphatic carbocycles. The van der Waals surface area contributed by atoms with Crippen molar-refractivity contribution in [3.05, 3.63) is 57.7 Å². The van der Waals surface area contributed by atoms with E-state index in [1.165, 1.54) is 5.56 Å². The molecule has 1 aromatic heterocycles. The van der Waals surface area contributed by atoms with E-state index in [-0.39, 0.29) is 6.04 Å². The second kappa shape index (κ2) is 5.50. The molecule has 1 atom stereocenters. The van der Waals surface area contributed by atoms with Gasteiger partial charge >= 0.3 is 0 Å². The molecule has 0 radical (unpaired) electrons. The molecule has 0 spiro atoms. The number of benzene rings is 1. The van der Waals surface area contributed by atoms with Crippen molar-refractivity contribution in [3.8, 4) is 0 Å². The second-order valence-corrected chi connectivity index (χ2v) is 5.34.